The summed E-state index contributed by atoms with van der Waals surface area (Å²) in [6.07, 6.45) is 8.01. The first-order chi connectivity index (χ1) is 10.3. The lowest BCUT2D eigenvalue weighted by atomic mass is 10.1. The van der Waals surface area contributed by atoms with Gasteiger partial charge in [0, 0.05) is 12.6 Å². The molecule has 0 saturated heterocycles. The van der Waals surface area contributed by atoms with E-state index in [0.717, 1.165) is 12.3 Å². The summed E-state index contributed by atoms with van der Waals surface area (Å²) in [5, 5.41) is 12.5. The molecule has 1 aromatic rings. The second-order valence-corrected chi connectivity index (χ2v) is 5.63. The molecular formula is C17H27ClNO3-. The molecule has 2 rings (SSSR count). The van der Waals surface area contributed by atoms with Crippen molar-refractivity contribution in [3.63, 3.8) is 0 Å². The molecule has 0 atom stereocenters. The Morgan fingerprint density at radius 3 is 2.50 bits per heavy atom. The Bertz CT molecular complexity index is 420. The van der Waals surface area contributed by atoms with E-state index in [-0.39, 0.29) is 25.6 Å². The van der Waals surface area contributed by atoms with Crippen LogP contribution in [0.3, 0.4) is 0 Å². The van der Waals surface area contributed by atoms with Crippen LogP contribution in [-0.4, -0.2) is 31.5 Å². The number of benzene rings is 1. The molecule has 0 aliphatic heterocycles. The minimum Gasteiger partial charge on any atom is -1.00 e. The Morgan fingerprint density at radius 2 is 1.86 bits per heavy atom. The van der Waals surface area contributed by atoms with E-state index in [1.54, 1.807) is 7.11 Å². The van der Waals surface area contributed by atoms with Gasteiger partial charge in [-0.1, -0.05) is 31.7 Å². The predicted molar refractivity (Wildman–Crippen MR) is 83.9 cm³/mol. The maximum Gasteiger partial charge on any atom is 0.161 e. The molecule has 1 fully saturated rings. The third-order valence-corrected chi connectivity index (χ3v) is 4.03. The van der Waals surface area contributed by atoms with Crippen LogP contribution in [0.1, 0.15) is 44.1 Å². The van der Waals surface area contributed by atoms with Crippen LogP contribution in [0.15, 0.2) is 18.2 Å². The summed E-state index contributed by atoms with van der Waals surface area (Å²) in [4.78, 5) is 0. The summed E-state index contributed by atoms with van der Waals surface area (Å²) in [6, 6.07) is 6.62. The molecule has 0 amide bonds. The standard InChI is InChI=1S/C17H27NO3.ClH/c1-20-17-12-14(8-9-16(17)21-11-10-19)13-18-15-6-4-2-3-5-7-15;/h8-9,12,15,18-19H,2-7,10-11,13H2,1H3;1H/p-1. The van der Waals surface area contributed by atoms with Gasteiger partial charge in [0.2, 0.25) is 0 Å². The number of aliphatic hydroxyl groups excluding tert-OH is 1. The molecule has 0 aromatic heterocycles. The number of ether oxygens (including phenoxy) is 2. The maximum atomic E-state index is 8.82. The molecule has 0 radical (unpaired) electrons. The lowest BCUT2D eigenvalue weighted by molar-refractivity contribution is -0.00000589. The van der Waals surface area contributed by atoms with Gasteiger partial charge in [0.1, 0.15) is 6.61 Å². The molecule has 1 aliphatic rings. The molecule has 22 heavy (non-hydrogen) atoms. The number of nitrogens with one attached hydrogen (secondary N) is 1. The van der Waals surface area contributed by atoms with Crippen molar-refractivity contribution < 1.29 is 27.0 Å². The number of hydrogen-bond donors (Lipinski definition) is 2. The Morgan fingerprint density at radius 1 is 1.14 bits per heavy atom. The third kappa shape index (κ3) is 6.03. The minimum absolute atomic E-state index is 0. The van der Waals surface area contributed by atoms with E-state index >= 15 is 0 Å². The Hall–Kier alpha value is -0.970. The second-order valence-electron chi connectivity index (χ2n) is 5.63. The fourth-order valence-electron chi connectivity index (χ4n) is 2.84. The summed E-state index contributed by atoms with van der Waals surface area (Å²) in [6.45, 7) is 1.16. The van der Waals surface area contributed by atoms with Crippen LogP contribution in [-0.2, 0) is 6.54 Å². The molecule has 1 aromatic carbocycles. The first-order valence-corrected chi connectivity index (χ1v) is 7.97. The highest BCUT2D eigenvalue weighted by Gasteiger charge is 2.12. The average Bonchev–Trinajstić information content (AvgIpc) is 2.80. The van der Waals surface area contributed by atoms with Crippen LogP contribution in [0.5, 0.6) is 11.5 Å². The van der Waals surface area contributed by atoms with Gasteiger partial charge in [0.25, 0.3) is 0 Å². The first-order valence-electron chi connectivity index (χ1n) is 7.97. The number of methoxy groups -OCH3 is 1. The van der Waals surface area contributed by atoms with Crippen LogP contribution >= 0.6 is 0 Å². The van der Waals surface area contributed by atoms with Crippen LogP contribution in [0, 0.1) is 0 Å². The van der Waals surface area contributed by atoms with Crippen LogP contribution in [0.4, 0.5) is 0 Å². The molecule has 4 nitrogen and oxygen atoms in total. The van der Waals surface area contributed by atoms with Crippen molar-refractivity contribution in [3.8, 4) is 11.5 Å². The van der Waals surface area contributed by atoms with Crippen LogP contribution < -0.4 is 27.2 Å². The smallest absolute Gasteiger partial charge is 0.161 e. The van der Waals surface area contributed by atoms with E-state index in [0.29, 0.717) is 11.8 Å². The van der Waals surface area contributed by atoms with Crippen molar-refractivity contribution in [1.29, 1.82) is 0 Å². The molecule has 5 heteroatoms. The zero-order valence-corrected chi connectivity index (χ0v) is 14.1. The number of halogens is 1. The van der Waals surface area contributed by atoms with E-state index < -0.39 is 0 Å². The van der Waals surface area contributed by atoms with Crippen molar-refractivity contribution in [3.05, 3.63) is 23.8 Å². The molecular weight excluding hydrogens is 302 g/mol. The normalized spacial score (nSPS) is 15.7. The first kappa shape index (κ1) is 19.1. The largest absolute Gasteiger partial charge is 1.00 e. The van der Waals surface area contributed by atoms with Gasteiger partial charge in [0.15, 0.2) is 11.5 Å². The Kier molecular flexibility index (Phi) is 9.28. The summed E-state index contributed by atoms with van der Waals surface area (Å²) >= 11 is 0. The SMILES string of the molecule is COc1cc(CNC2CCCCCC2)ccc1OCCO.[Cl-]. The molecule has 0 heterocycles. The van der Waals surface area contributed by atoms with Gasteiger partial charge in [-0.25, -0.2) is 0 Å². The highest BCUT2D eigenvalue weighted by Crippen LogP contribution is 2.28. The maximum absolute atomic E-state index is 8.82. The van der Waals surface area contributed by atoms with E-state index in [1.165, 1.54) is 44.1 Å². The number of hydrogen-bond acceptors (Lipinski definition) is 4. The molecule has 0 bridgehead atoms. The highest BCUT2D eigenvalue weighted by atomic mass is 35.5. The Balaban J connectivity index is 0.00000242. The quantitative estimate of drug-likeness (QED) is 0.685. The Labute approximate surface area is 139 Å². The van der Waals surface area contributed by atoms with Gasteiger partial charge in [0.05, 0.1) is 13.7 Å². The van der Waals surface area contributed by atoms with Crippen molar-refractivity contribution in [2.75, 3.05) is 20.3 Å². The van der Waals surface area contributed by atoms with Gasteiger partial charge in [-0.3, -0.25) is 0 Å². The zero-order valence-electron chi connectivity index (χ0n) is 13.3. The molecule has 0 unspecified atom stereocenters. The number of aliphatic hydroxyl groups is 1. The van der Waals surface area contributed by atoms with Gasteiger partial charge in [-0.15, -0.1) is 0 Å². The van der Waals surface area contributed by atoms with Crippen molar-refractivity contribution in [2.45, 2.75) is 51.1 Å². The van der Waals surface area contributed by atoms with E-state index in [2.05, 4.69) is 11.4 Å². The minimum atomic E-state index is 0. The average molecular weight is 329 g/mol. The van der Waals surface area contributed by atoms with Gasteiger partial charge < -0.3 is 32.3 Å². The van der Waals surface area contributed by atoms with Crippen molar-refractivity contribution >= 4 is 0 Å². The predicted octanol–water partition coefficient (Wildman–Crippen LogP) is -0.117. The highest BCUT2D eigenvalue weighted by molar-refractivity contribution is 5.42. The second kappa shape index (κ2) is 10.7. The summed E-state index contributed by atoms with van der Waals surface area (Å²) in [5.74, 6) is 1.41. The van der Waals surface area contributed by atoms with E-state index in [1.807, 2.05) is 12.1 Å². The molecule has 0 spiro atoms. The van der Waals surface area contributed by atoms with Crippen LogP contribution in [0.2, 0.25) is 0 Å². The van der Waals surface area contributed by atoms with Crippen LogP contribution in [0.25, 0.3) is 0 Å². The number of rotatable bonds is 7. The van der Waals surface area contributed by atoms with Gasteiger partial charge in [-0.05, 0) is 30.5 Å². The molecule has 126 valence electrons. The molecule has 2 N–H and O–H groups in total. The summed E-state index contributed by atoms with van der Waals surface area (Å²) in [7, 11) is 1.64. The van der Waals surface area contributed by atoms with Crippen molar-refractivity contribution in [2.24, 2.45) is 0 Å². The monoisotopic (exact) mass is 328 g/mol. The summed E-state index contributed by atoms with van der Waals surface area (Å²) in [5.41, 5.74) is 1.20. The van der Waals surface area contributed by atoms with Gasteiger partial charge >= 0.3 is 0 Å². The van der Waals surface area contributed by atoms with Crippen molar-refractivity contribution in [1.82, 2.24) is 5.32 Å². The van der Waals surface area contributed by atoms with E-state index in [9.17, 15) is 0 Å². The molecule has 1 aliphatic carbocycles. The van der Waals surface area contributed by atoms with E-state index in [4.69, 9.17) is 14.6 Å². The topological polar surface area (TPSA) is 50.7 Å². The lowest BCUT2D eigenvalue weighted by Gasteiger charge is -2.17. The molecule has 1 saturated carbocycles. The summed E-state index contributed by atoms with van der Waals surface area (Å²) < 4.78 is 10.8. The fourth-order valence-corrected chi connectivity index (χ4v) is 2.84. The fraction of sp³-hybridized carbons (Fsp3) is 0.647. The van der Waals surface area contributed by atoms with Gasteiger partial charge in [-0.2, -0.15) is 0 Å². The lowest BCUT2D eigenvalue weighted by Crippen LogP contribution is -3.00. The zero-order chi connectivity index (χ0) is 14.9. The third-order valence-electron chi connectivity index (χ3n) is 4.03.